The Labute approximate surface area is 356 Å². The molecule has 3 aromatic heterocycles. The van der Waals surface area contributed by atoms with Gasteiger partial charge in [-0.15, -0.1) is 0 Å². The molecule has 62 heavy (non-hydrogen) atoms. The molecule has 0 aliphatic carbocycles. The van der Waals surface area contributed by atoms with Crippen molar-refractivity contribution in [3.63, 3.8) is 0 Å². The first kappa shape index (κ1) is 34.5. The summed E-state index contributed by atoms with van der Waals surface area (Å²) < 4.78 is 4.93. The minimum atomic E-state index is 0.641. The zero-order valence-corrected chi connectivity index (χ0v) is 33.4. The fourth-order valence-corrected chi connectivity index (χ4v) is 9.86. The van der Waals surface area contributed by atoms with Crippen LogP contribution in [0.3, 0.4) is 0 Å². The van der Waals surface area contributed by atoms with Crippen LogP contribution in [0.5, 0.6) is 0 Å². The van der Waals surface area contributed by atoms with E-state index >= 15 is 0 Å². The van der Waals surface area contributed by atoms with Crippen LogP contribution in [0.4, 0.5) is 0 Å². The summed E-state index contributed by atoms with van der Waals surface area (Å²) in [5, 5.41) is 11.9. The highest BCUT2D eigenvalue weighted by Gasteiger charge is 2.23. The summed E-state index contributed by atoms with van der Waals surface area (Å²) in [4.78, 5) is 15.4. The topological polar surface area (TPSA) is 48.5 Å². The molecule has 13 aromatic rings. The fourth-order valence-electron chi connectivity index (χ4n) is 9.86. The third-order valence-electron chi connectivity index (χ3n) is 12.5. The second-order valence-electron chi connectivity index (χ2n) is 15.9. The van der Waals surface area contributed by atoms with Crippen LogP contribution in [-0.4, -0.2) is 24.1 Å². The number of aromatic nitrogens is 5. The average Bonchev–Trinajstić information content (AvgIpc) is 3.87. The second kappa shape index (κ2) is 13.6. The monoisotopic (exact) mass is 789 g/mol. The van der Waals surface area contributed by atoms with E-state index in [1.807, 2.05) is 36.4 Å². The van der Waals surface area contributed by atoms with Gasteiger partial charge in [-0.25, -0.2) is 15.0 Å². The van der Waals surface area contributed by atoms with Crippen molar-refractivity contribution in [3.8, 4) is 45.5 Å². The molecule has 288 valence electrons. The summed E-state index contributed by atoms with van der Waals surface area (Å²) in [6.07, 6.45) is 0. The number of hydrogen-bond acceptors (Lipinski definition) is 3. The number of para-hydroxylation sites is 3. The van der Waals surface area contributed by atoms with Gasteiger partial charge in [0.1, 0.15) is 0 Å². The van der Waals surface area contributed by atoms with Gasteiger partial charge in [0.25, 0.3) is 0 Å². The maximum atomic E-state index is 5.21. The van der Waals surface area contributed by atoms with Gasteiger partial charge in [-0.3, -0.25) is 0 Å². The zero-order chi connectivity index (χ0) is 40.7. The first-order valence-corrected chi connectivity index (χ1v) is 21.0. The Morgan fingerprint density at radius 1 is 0.274 bits per heavy atom. The van der Waals surface area contributed by atoms with Crippen molar-refractivity contribution in [1.82, 2.24) is 24.1 Å². The van der Waals surface area contributed by atoms with Crippen molar-refractivity contribution < 1.29 is 0 Å². The van der Waals surface area contributed by atoms with Crippen molar-refractivity contribution in [2.75, 3.05) is 0 Å². The molecule has 0 N–H and O–H groups in total. The first-order valence-electron chi connectivity index (χ1n) is 21.0. The Bertz CT molecular complexity index is 3850. The standard InChI is InChI=1S/C57H35N5/c1-4-17-36(18-5-1)55-58-56(37-19-6-2-7-20-37)60-57(59-55)48-28-16-27-45-49-35-39(31-32-41(49)40-23-10-11-26-44(40)52(45)48)62-51-30-15-13-25-43(51)47-34-33-46-42-24-12-14-29-50(42)61(53(46)54(47)62)38-21-8-3-9-22-38/h1-35H. The lowest BCUT2D eigenvalue weighted by atomic mass is 9.91. The van der Waals surface area contributed by atoms with E-state index in [9.17, 15) is 0 Å². The predicted molar refractivity (Wildman–Crippen MR) is 257 cm³/mol. The van der Waals surface area contributed by atoms with Gasteiger partial charge < -0.3 is 9.13 Å². The molecule has 0 aliphatic heterocycles. The Morgan fingerprint density at radius 3 is 1.32 bits per heavy atom. The van der Waals surface area contributed by atoms with Gasteiger partial charge in [-0.1, -0.05) is 176 Å². The molecule has 0 saturated carbocycles. The maximum Gasteiger partial charge on any atom is 0.164 e. The van der Waals surface area contributed by atoms with Crippen molar-refractivity contribution in [3.05, 3.63) is 212 Å². The lowest BCUT2D eigenvalue weighted by Gasteiger charge is -2.17. The van der Waals surface area contributed by atoms with Gasteiger partial charge in [0.15, 0.2) is 17.5 Å². The molecule has 10 aromatic carbocycles. The SMILES string of the molecule is c1ccc(-c2nc(-c3ccccc3)nc(-c3cccc4c5cc(-n6c7ccccc7c7ccc8c9ccccc9n(-c9ccccc9)c8c76)ccc5c5ccccc5c34)n2)cc1. The van der Waals surface area contributed by atoms with E-state index < -0.39 is 0 Å². The molecule has 0 spiro atoms. The molecule has 0 saturated heterocycles. The van der Waals surface area contributed by atoms with Gasteiger partial charge in [0, 0.05) is 55.0 Å². The molecule has 0 bridgehead atoms. The molecule has 0 radical (unpaired) electrons. The zero-order valence-electron chi connectivity index (χ0n) is 33.4. The molecular formula is C57H35N5. The van der Waals surface area contributed by atoms with Gasteiger partial charge in [-0.2, -0.15) is 0 Å². The van der Waals surface area contributed by atoms with Crippen LogP contribution in [0.15, 0.2) is 212 Å². The van der Waals surface area contributed by atoms with Gasteiger partial charge in [0.2, 0.25) is 0 Å². The van der Waals surface area contributed by atoms with E-state index in [1.165, 1.54) is 54.3 Å². The average molecular weight is 790 g/mol. The van der Waals surface area contributed by atoms with Crippen molar-refractivity contribution in [2.45, 2.75) is 0 Å². The largest absolute Gasteiger partial charge is 0.307 e. The molecular weight excluding hydrogens is 755 g/mol. The smallest absolute Gasteiger partial charge is 0.164 e. The van der Waals surface area contributed by atoms with E-state index in [0.717, 1.165) is 49.7 Å². The Morgan fingerprint density at radius 2 is 0.710 bits per heavy atom. The molecule has 0 unspecified atom stereocenters. The quantitative estimate of drug-likeness (QED) is 0.163. The number of nitrogens with zero attached hydrogens (tertiary/aromatic N) is 5. The number of rotatable bonds is 5. The molecule has 3 heterocycles. The third-order valence-corrected chi connectivity index (χ3v) is 12.5. The second-order valence-corrected chi connectivity index (χ2v) is 15.9. The summed E-state index contributed by atoms with van der Waals surface area (Å²) in [6.45, 7) is 0. The molecule has 5 heteroatoms. The lowest BCUT2D eigenvalue weighted by Crippen LogP contribution is -2.01. The maximum absolute atomic E-state index is 5.21. The third kappa shape index (κ3) is 5.12. The summed E-state index contributed by atoms with van der Waals surface area (Å²) in [7, 11) is 0. The normalized spacial score (nSPS) is 11.9. The van der Waals surface area contributed by atoms with E-state index in [1.54, 1.807) is 0 Å². The highest BCUT2D eigenvalue weighted by Crippen LogP contribution is 2.44. The van der Waals surface area contributed by atoms with Crippen LogP contribution < -0.4 is 0 Å². The minimum absolute atomic E-state index is 0.641. The summed E-state index contributed by atoms with van der Waals surface area (Å²) >= 11 is 0. The minimum Gasteiger partial charge on any atom is -0.307 e. The molecule has 5 nitrogen and oxygen atoms in total. The van der Waals surface area contributed by atoms with Crippen LogP contribution in [0.2, 0.25) is 0 Å². The fraction of sp³-hybridized carbons (Fsp3) is 0. The van der Waals surface area contributed by atoms with Crippen LogP contribution in [0, 0.1) is 0 Å². The van der Waals surface area contributed by atoms with Crippen molar-refractivity contribution in [1.29, 1.82) is 0 Å². The molecule has 0 fully saturated rings. The van der Waals surface area contributed by atoms with Gasteiger partial charge in [0.05, 0.1) is 22.1 Å². The highest BCUT2D eigenvalue weighted by atomic mass is 15.0. The number of benzene rings is 10. The number of hydrogen-bond donors (Lipinski definition) is 0. The molecule has 13 rings (SSSR count). The Hall–Kier alpha value is -8.41. The van der Waals surface area contributed by atoms with Crippen LogP contribution in [-0.2, 0) is 0 Å². The van der Waals surface area contributed by atoms with Gasteiger partial charge >= 0.3 is 0 Å². The van der Waals surface area contributed by atoms with Gasteiger partial charge in [-0.05, 0) is 63.3 Å². The van der Waals surface area contributed by atoms with E-state index in [-0.39, 0.29) is 0 Å². The lowest BCUT2D eigenvalue weighted by molar-refractivity contribution is 1.08. The molecule has 0 aliphatic rings. The molecule has 0 amide bonds. The van der Waals surface area contributed by atoms with Crippen LogP contribution in [0.1, 0.15) is 0 Å². The summed E-state index contributed by atoms with van der Waals surface area (Å²) in [5.74, 6) is 1.93. The molecule has 0 atom stereocenters. The first-order chi connectivity index (χ1) is 30.8. The van der Waals surface area contributed by atoms with Crippen molar-refractivity contribution in [2.24, 2.45) is 0 Å². The van der Waals surface area contributed by atoms with Crippen LogP contribution in [0.25, 0.3) is 121 Å². The van der Waals surface area contributed by atoms with E-state index in [2.05, 4.69) is 185 Å². The van der Waals surface area contributed by atoms with E-state index in [4.69, 9.17) is 15.0 Å². The summed E-state index contributed by atoms with van der Waals surface area (Å²) in [6, 6.07) is 75.7. The Kier molecular flexibility index (Phi) is 7.54. The van der Waals surface area contributed by atoms with E-state index in [0.29, 0.717) is 17.5 Å². The van der Waals surface area contributed by atoms with Crippen molar-refractivity contribution >= 4 is 75.9 Å². The predicted octanol–water partition coefficient (Wildman–Crippen LogP) is 14.5. The Balaban J connectivity index is 1.13. The summed E-state index contributed by atoms with van der Waals surface area (Å²) in [5.41, 5.74) is 9.81. The van der Waals surface area contributed by atoms with Crippen LogP contribution >= 0.6 is 0 Å². The highest BCUT2D eigenvalue weighted by molar-refractivity contribution is 6.29. The number of fused-ring (bicyclic) bond motifs is 13.